The number of carbonyl (C=O) groups excluding carboxylic acids is 1. The molecule has 0 radical (unpaired) electrons. The Hall–Kier alpha value is -0.940. The summed E-state index contributed by atoms with van der Waals surface area (Å²) in [5, 5.41) is 4.56. The first-order valence-electron chi connectivity index (χ1n) is 7.19. The van der Waals surface area contributed by atoms with Crippen molar-refractivity contribution in [2.75, 3.05) is 19.6 Å². The van der Waals surface area contributed by atoms with Crippen LogP contribution in [0.15, 0.2) is 6.20 Å². The van der Waals surface area contributed by atoms with Crippen LogP contribution >= 0.6 is 11.3 Å². The highest BCUT2D eigenvalue weighted by atomic mass is 32.1. The van der Waals surface area contributed by atoms with Gasteiger partial charge in [0.25, 0.3) is 5.91 Å². The molecule has 1 amide bonds. The highest BCUT2D eigenvalue weighted by Crippen LogP contribution is 2.27. The lowest BCUT2D eigenvalue weighted by atomic mass is 9.88. The molecule has 1 unspecified atom stereocenters. The number of nitrogens with zero attached hydrogens (tertiary/aromatic N) is 2. The normalized spacial score (nSPS) is 24.9. The van der Waals surface area contributed by atoms with Gasteiger partial charge in [-0.3, -0.25) is 4.79 Å². The Bertz CT molecular complexity index is 445. The van der Waals surface area contributed by atoms with Crippen molar-refractivity contribution in [1.82, 2.24) is 15.2 Å². The molecule has 1 aromatic rings. The number of hydrogen-bond donors (Lipinski definition) is 1. The zero-order chi connectivity index (χ0) is 13.2. The number of likely N-dealkylation sites (tertiary alicyclic amines) is 1. The fraction of sp³-hybridized carbons (Fsp3) is 0.714. The number of nitrogens with one attached hydrogen (secondary N) is 1. The number of piperidine rings is 1. The number of aryl methyl sites for hydroxylation is 1. The van der Waals surface area contributed by atoms with Crippen LogP contribution in [0.2, 0.25) is 0 Å². The topological polar surface area (TPSA) is 45.2 Å². The minimum absolute atomic E-state index is 0.170. The number of amides is 1. The van der Waals surface area contributed by atoms with E-state index in [4.69, 9.17) is 0 Å². The van der Waals surface area contributed by atoms with Gasteiger partial charge in [0.15, 0.2) is 0 Å². The average molecular weight is 279 g/mol. The average Bonchev–Trinajstić information content (AvgIpc) is 3.09. The Labute approximate surface area is 118 Å². The Morgan fingerprint density at radius 3 is 2.79 bits per heavy atom. The van der Waals surface area contributed by atoms with Crippen LogP contribution in [0.1, 0.15) is 40.4 Å². The van der Waals surface area contributed by atoms with Gasteiger partial charge in [0.1, 0.15) is 4.88 Å². The molecule has 1 atom stereocenters. The Morgan fingerprint density at radius 1 is 1.42 bits per heavy atom. The molecule has 0 aromatic carbocycles. The van der Waals surface area contributed by atoms with Gasteiger partial charge >= 0.3 is 0 Å². The Balaban J connectivity index is 1.56. The van der Waals surface area contributed by atoms with Crippen molar-refractivity contribution in [2.24, 2.45) is 5.92 Å². The van der Waals surface area contributed by atoms with Crippen molar-refractivity contribution >= 4 is 17.2 Å². The van der Waals surface area contributed by atoms with E-state index < -0.39 is 0 Å². The second-order valence-corrected chi connectivity index (χ2v) is 6.81. The Kier molecular flexibility index (Phi) is 3.84. The molecule has 0 aliphatic carbocycles. The zero-order valence-electron chi connectivity index (χ0n) is 11.4. The molecule has 2 aliphatic rings. The van der Waals surface area contributed by atoms with Crippen molar-refractivity contribution in [3.05, 3.63) is 16.1 Å². The van der Waals surface area contributed by atoms with Gasteiger partial charge in [0.2, 0.25) is 0 Å². The van der Waals surface area contributed by atoms with Crippen molar-refractivity contribution in [3.63, 3.8) is 0 Å². The third kappa shape index (κ3) is 2.82. The lowest BCUT2D eigenvalue weighted by Crippen LogP contribution is -2.43. The third-order valence-corrected chi connectivity index (χ3v) is 5.23. The van der Waals surface area contributed by atoms with Crippen molar-refractivity contribution in [2.45, 2.75) is 38.6 Å². The molecule has 0 saturated carbocycles. The van der Waals surface area contributed by atoms with E-state index in [1.165, 1.54) is 30.7 Å². The summed E-state index contributed by atoms with van der Waals surface area (Å²) in [6.07, 6.45) is 6.62. The van der Waals surface area contributed by atoms with E-state index in [-0.39, 0.29) is 5.91 Å². The van der Waals surface area contributed by atoms with Crippen LogP contribution in [0.4, 0.5) is 0 Å². The lowest BCUT2D eigenvalue weighted by molar-refractivity contribution is 0.0679. The van der Waals surface area contributed by atoms with Crippen LogP contribution < -0.4 is 5.32 Å². The molecule has 1 aromatic heterocycles. The van der Waals surface area contributed by atoms with Crippen LogP contribution in [-0.2, 0) is 0 Å². The lowest BCUT2D eigenvalue weighted by Gasteiger charge is -2.34. The quantitative estimate of drug-likeness (QED) is 0.901. The molecule has 3 heterocycles. The minimum Gasteiger partial charge on any atom is -0.338 e. The van der Waals surface area contributed by atoms with Gasteiger partial charge in [-0.25, -0.2) is 4.98 Å². The molecule has 2 fully saturated rings. The van der Waals surface area contributed by atoms with E-state index in [0.717, 1.165) is 41.7 Å². The molecule has 0 spiro atoms. The molecule has 1 N–H and O–H groups in total. The van der Waals surface area contributed by atoms with E-state index in [1.807, 2.05) is 11.8 Å². The molecule has 104 valence electrons. The first-order chi connectivity index (χ1) is 9.24. The van der Waals surface area contributed by atoms with Gasteiger partial charge < -0.3 is 10.2 Å². The number of thiazole rings is 1. The first-order valence-corrected chi connectivity index (χ1v) is 8.01. The van der Waals surface area contributed by atoms with Gasteiger partial charge in [-0.15, -0.1) is 11.3 Å². The third-order valence-electron chi connectivity index (χ3n) is 4.33. The molecule has 5 heteroatoms. The molecule has 2 saturated heterocycles. The number of hydrogen-bond acceptors (Lipinski definition) is 4. The predicted octanol–water partition coefficient (Wildman–Crippen LogP) is 2.06. The maximum Gasteiger partial charge on any atom is 0.265 e. The van der Waals surface area contributed by atoms with Crippen LogP contribution in [0.5, 0.6) is 0 Å². The van der Waals surface area contributed by atoms with E-state index >= 15 is 0 Å². The summed E-state index contributed by atoms with van der Waals surface area (Å²) >= 11 is 1.50. The summed E-state index contributed by atoms with van der Waals surface area (Å²) in [6, 6.07) is 0.697. The number of aromatic nitrogens is 1. The van der Waals surface area contributed by atoms with Gasteiger partial charge in [0.05, 0.1) is 11.2 Å². The molecular formula is C14H21N3OS. The predicted molar refractivity (Wildman–Crippen MR) is 76.5 cm³/mol. The summed E-state index contributed by atoms with van der Waals surface area (Å²) in [6.45, 7) is 4.92. The highest BCUT2D eigenvalue weighted by Gasteiger charge is 2.30. The van der Waals surface area contributed by atoms with Crippen molar-refractivity contribution in [1.29, 1.82) is 0 Å². The molecule has 19 heavy (non-hydrogen) atoms. The van der Waals surface area contributed by atoms with Gasteiger partial charge in [-0.2, -0.15) is 0 Å². The van der Waals surface area contributed by atoms with E-state index in [2.05, 4.69) is 10.3 Å². The van der Waals surface area contributed by atoms with Crippen molar-refractivity contribution < 1.29 is 4.79 Å². The monoisotopic (exact) mass is 279 g/mol. The number of rotatable bonds is 2. The number of carbonyl (C=O) groups is 1. The second kappa shape index (κ2) is 5.59. The fourth-order valence-corrected chi connectivity index (χ4v) is 3.98. The SMILES string of the molecule is Cc1ncc(C(=O)N2CCC(C3CCCN3)CC2)s1. The maximum absolute atomic E-state index is 12.3. The van der Waals surface area contributed by atoms with Crippen LogP contribution in [0.25, 0.3) is 0 Å². The Morgan fingerprint density at radius 2 is 2.21 bits per heavy atom. The van der Waals surface area contributed by atoms with Gasteiger partial charge in [0, 0.05) is 19.1 Å². The fourth-order valence-electron chi connectivity index (χ4n) is 3.23. The summed E-state index contributed by atoms with van der Waals surface area (Å²) < 4.78 is 0. The second-order valence-electron chi connectivity index (χ2n) is 5.58. The highest BCUT2D eigenvalue weighted by molar-refractivity contribution is 7.13. The van der Waals surface area contributed by atoms with E-state index in [9.17, 15) is 4.79 Å². The molecule has 0 bridgehead atoms. The first kappa shape index (κ1) is 13.1. The maximum atomic E-state index is 12.3. The van der Waals surface area contributed by atoms with Crippen LogP contribution in [0, 0.1) is 12.8 Å². The summed E-state index contributed by atoms with van der Waals surface area (Å²) in [4.78, 5) is 19.3. The summed E-state index contributed by atoms with van der Waals surface area (Å²) in [7, 11) is 0. The van der Waals surface area contributed by atoms with Crippen LogP contribution in [0.3, 0.4) is 0 Å². The zero-order valence-corrected chi connectivity index (χ0v) is 12.2. The summed E-state index contributed by atoms with van der Waals surface area (Å²) in [5.74, 6) is 0.929. The van der Waals surface area contributed by atoms with Crippen LogP contribution in [-0.4, -0.2) is 41.5 Å². The largest absolute Gasteiger partial charge is 0.338 e. The molecule has 2 aliphatic heterocycles. The van der Waals surface area contributed by atoms with Gasteiger partial charge in [-0.05, 0) is 45.1 Å². The summed E-state index contributed by atoms with van der Waals surface area (Å²) in [5.41, 5.74) is 0. The molecular weight excluding hydrogens is 258 g/mol. The van der Waals surface area contributed by atoms with Crippen molar-refractivity contribution in [3.8, 4) is 0 Å². The van der Waals surface area contributed by atoms with E-state index in [1.54, 1.807) is 6.20 Å². The minimum atomic E-state index is 0.170. The van der Waals surface area contributed by atoms with E-state index in [0.29, 0.717) is 6.04 Å². The van der Waals surface area contributed by atoms with Gasteiger partial charge in [-0.1, -0.05) is 0 Å². The standard InChI is InChI=1S/C14H21N3OS/c1-10-16-9-13(19-10)14(18)17-7-4-11(5-8-17)12-3-2-6-15-12/h9,11-12,15H,2-8H2,1H3. The molecule has 3 rings (SSSR count). The molecule has 4 nitrogen and oxygen atoms in total. The smallest absolute Gasteiger partial charge is 0.265 e.